The molecule has 0 bridgehead atoms. The number of esters is 1. The third kappa shape index (κ3) is 4.00. The Balaban J connectivity index is 1.74. The number of hydrogen-bond donors (Lipinski definition) is 4. The summed E-state index contributed by atoms with van der Waals surface area (Å²) in [6, 6.07) is 13.0. The second-order valence-electron chi connectivity index (χ2n) is 7.57. The van der Waals surface area contributed by atoms with Gasteiger partial charge in [-0.25, -0.2) is 9.59 Å². The second-order valence-corrected chi connectivity index (χ2v) is 7.57. The molecule has 10 nitrogen and oxygen atoms in total. The third-order valence-corrected chi connectivity index (χ3v) is 5.44. The lowest BCUT2D eigenvalue weighted by atomic mass is 9.99. The monoisotopic (exact) mass is 456 g/mol. The van der Waals surface area contributed by atoms with Gasteiger partial charge >= 0.3 is 11.9 Å². The Morgan fingerprint density at radius 1 is 0.939 bits per heavy atom. The molecule has 5 atom stereocenters. The van der Waals surface area contributed by atoms with Crippen LogP contribution in [0.25, 0.3) is 22.3 Å². The molecule has 2 heterocycles. The summed E-state index contributed by atoms with van der Waals surface area (Å²) in [4.78, 5) is 37.1. The number of carbonyl (C=O) groups is 2. The fraction of sp³-hybridized carbons (Fsp3) is 0.261. The third-order valence-electron chi connectivity index (χ3n) is 5.44. The van der Waals surface area contributed by atoms with E-state index in [1.165, 1.54) is 18.2 Å². The molecule has 4 rings (SSSR count). The maximum Gasteiger partial charge on any atom is 0.344 e. The smallest absolute Gasteiger partial charge is 0.344 e. The Hall–Kier alpha value is -3.57. The van der Waals surface area contributed by atoms with Crippen molar-refractivity contribution >= 4 is 22.9 Å². The van der Waals surface area contributed by atoms with Crippen LogP contribution in [0.5, 0.6) is 0 Å². The molecule has 0 radical (unpaired) electrons. The van der Waals surface area contributed by atoms with Crippen LogP contribution in [-0.4, -0.2) is 63.1 Å². The van der Waals surface area contributed by atoms with E-state index in [0.29, 0.717) is 11.1 Å². The van der Waals surface area contributed by atoms with E-state index in [-0.39, 0.29) is 27.7 Å². The van der Waals surface area contributed by atoms with Crippen LogP contribution in [0.1, 0.15) is 15.9 Å². The zero-order valence-electron chi connectivity index (χ0n) is 17.2. The van der Waals surface area contributed by atoms with Crippen molar-refractivity contribution < 1.29 is 43.9 Å². The van der Waals surface area contributed by atoms with Crippen molar-refractivity contribution in [2.75, 3.05) is 0 Å². The van der Waals surface area contributed by atoms with Crippen LogP contribution < -0.4 is 5.43 Å². The van der Waals surface area contributed by atoms with Crippen LogP contribution in [0, 0.1) is 6.92 Å². The summed E-state index contributed by atoms with van der Waals surface area (Å²) >= 11 is 0. The van der Waals surface area contributed by atoms with Crippen molar-refractivity contribution in [2.24, 2.45) is 0 Å². The molecule has 2 aromatic carbocycles. The molecule has 1 fully saturated rings. The highest BCUT2D eigenvalue weighted by Gasteiger charge is 2.48. The number of fused-ring (bicyclic) bond motifs is 1. The Morgan fingerprint density at radius 2 is 1.64 bits per heavy atom. The van der Waals surface area contributed by atoms with E-state index in [4.69, 9.17) is 19.0 Å². The molecule has 1 aliphatic rings. The van der Waals surface area contributed by atoms with Gasteiger partial charge in [-0.15, -0.1) is 0 Å². The first-order valence-corrected chi connectivity index (χ1v) is 9.96. The number of aliphatic hydroxyl groups is 3. The van der Waals surface area contributed by atoms with E-state index in [1.807, 2.05) is 0 Å². The average Bonchev–Trinajstić information content (AvgIpc) is 2.81. The molecule has 0 saturated carbocycles. The highest BCUT2D eigenvalue weighted by Crippen LogP contribution is 2.29. The summed E-state index contributed by atoms with van der Waals surface area (Å²) in [7, 11) is 0. The maximum absolute atomic E-state index is 12.9. The summed E-state index contributed by atoms with van der Waals surface area (Å²) in [6.45, 7) is 1.60. The lowest BCUT2D eigenvalue weighted by molar-refractivity contribution is -0.278. The number of benzene rings is 2. The largest absolute Gasteiger partial charge is 0.479 e. The van der Waals surface area contributed by atoms with E-state index < -0.39 is 42.6 Å². The molecule has 1 aliphatic heterocycles. The van der Waals surface area contributed by atoms with Crippen LogP contribution in [0.4, 0.5) is 0 Å². The SMILES string of the molecule is Cc1c(-c2ccccc2)oc2c(C(=O)O[C@@H]3O[C@@H](C(=O)O)[C@@H](O)[C@H](O)[C@@H]3O)cccc2c1=O. The Morgan fingerprint density at radius 3 is 2.30 bits per heavy atom. The molecule has 0 aliphatic carbocycles. The van der Waals surface area contributed by atoms with Gasteiger partial charge in [0.15, 0.2) is 17.1 Å². The van der Waals surface area contributed by atoms with Crippen molar-refractivity contribution in [2.45, 2.75) is 37.6 Å². The first kappa shape index (κ1) is 22.6. The van der Waals surface area contributed by atoms with Crippen LogP contribution >= 0.6 is 0 Å². The molecular formula is C23H20O10. The van der Waals surface area contributed by atoms with Crippen molar-refractivity contribution in [1.29, 1.82) is 0 Å². The summed E-state index contributed by atoms with van der Waals surface area (Å²) < 4.78 is 16.0. The quantitative estimate of drug-likeness (QED) is 0.413. The van der Waals surface area contributed by atoms with E-state index in [2.05, 4.69) is 0 Å². The lowest BCUT2D eigenvalue weighted by Crippen LogP contribution is -2.60. The van der Waals surface area contributed by atoms with Crippen molar-refractivity contribution in [3.05, 3.63) is 69.9 Å². The van der Waals surface area contributed by atoms with E-state index in [1.54, 1.807) is 37.3 Å². The highest BCUT2D eigenvalue weighted by atomic mass is 16.7. The molecule has 10 heteroatoms. The predicted molar refractivity (Wildman–Crippen MR) is 112 cm³/mol. The van der Waals surface area contributed by atoms with Gasteiger partial charge in [0, 0.05) is 11.1 Å². The van der Waals surface area contributed by atoms with Gasteiger partial charge in [-0.05, 0) is 19.1 Å². The van der Waals surface area contributed by atoms with Crippen molar-refractivity contribution in [1.82, 2.24) is 0 Å². The number of aliphatic carboxylic acids is 1. The summed E-state index contributed by atoms with van der Waals surface area (Å²) in [5.74, 6) is -2.45. The normalized spacial score (nSPS) is 25.0. The second kappa shape index (κ2) is 8.75. The molecule has 172 valence electrons. The molecule has 0 amide bonds. The number of para-hydroxylation sites is 1. The standard InChI is InChI=1S/C23H20O10/c1-10-14(24)12-8-5-9-13(19(12)31-18(10)11-6-3-2-4-7-11)22(30)33-23-17(27)15(25)16(26)20(32-23)21(28)29/h2-9,15-17,20,23,25-27H,1H3,(H,28,29)/t15-,16-,17-,20+,23-/m0/s1. The van der Waals surface area contributed by atoms with Gasteiger partial charge in [0.05, 0.1) is 5.39 Å². The van der Waals surface area contributed by atoms with Gasteiger partial charge < -0.3 is 34.3 Å². The Bertz CT molecular complexity index is 1270. The lowest BCUT2D eigenvalue weighted by Gasteiger charge is -2.37. The van der Waals surface area contributed by atoms with E-state index >= 15 is 0 Å². The maximum atomic E-state index is 12.9. The zero-order valence-corrected chi connectivity index (χ0v) is 17.2. The van der Waals surface area contributed by atoms with Gasteiger partial charge in [-0.2, -0.15) is 0 Å². The molecule has 1 saturated heterocycles. The average molecular weight is 456 g/mol. The first-order valence-electron chi connectivity index (χ1n) is 9.96. The van der Waals surface area contributed by atoms with Crippen LogP contribution in [0.2, 0.25) is 0 Å². The summed E-state index contributed by atoms with van der Waals surface area (Å²) in [5.41, 5.74) is 0.349. The number of aliphatic hydroxyl groups excluding tert-OH is 3. The van der Waals surface area contributed by atoms with Crippen molar-refractivity contribution in [3.8, 4) is 11.3 Å². The predicted octanol–water partition coefficient (Wildman–Crippen LogP) is 0.817. The minimum absolute atomic E-state index is 0.0716. The Labute approximate surface area is 186 Å². The minimum Gasteiger partial charge on any atom is -0.479 e. The number of rotatable bonds is 4. The van der Waals surface area contributed by atoms with E-state index in [9.17, 15) is 29.7 Å². The molecule has 1 aromatic heterocycles. The summed E-state index contributed by atoms with van der Waals surface area (Å²) in [5, 5.41) is 39.1. The highest BCUT2D eigenvalue weighted by molar-refractivity contribution is 6.02. The topological polar surface area (TPSA) is 164 Å². The fourth-order valence-corrected chi connectivity index (χ4v) is 3.65. The fourth-order valence-electron chi connectivity index (χ4n) is 3.65. The van der Waals surface area contributed by atoms with Crippen molar-refractivity contribution in [3.63, 3.8) is 0 Å². The van der Waals surface area contributed by atoms with Crippen LogP contribution in [-0.2, 0) is 14.3 Å². The van der Waals surface area contributed by atoms with Crippen LogP contribution in [0.15, 0.2) is 57.7 Å². The number of hydrogen-bond acceptors (Lipinski definition) is 9. The van der Waals surface area contributed by atoms with Crippen LogP contribution in [0.3, 0.4) is 0 Å². The number of ether oxygens (including phenoxy) is 2. The Kier molecular flexibility index (Phi) is 6.00. The number of carboxylic acids is 1. The minimum atomic E-state index is -1.93. The first-order chi connectivity index (χ1) is 15.7. The molecular weight excluding hydrogens is 436 g/mol. The molecule has 0 unspecified atom stereocenters. The van der Waals surface area contributed by atoms with Gasteiger partial charge in [-0.1, -0.05) is 36.4 Å². The van der Waals surface area contributed by atoms with Gasteiger partial charge in [0.2, 0.25) is 6.29 Å². The number of carbonyl (C=O) groups excluding carboxylic acids is 1. The van der Waals surface area contributed by atoms with Gasteiger partial charge in [0.1, 0.15) is 29.6 Å². The van der Waals surface area contributed by atoms with Gasteiger partial charge in [-0.3, -0.25) is 4.79 Å². The molecule has 3 aromatic rings. The molecule has 4 N–H and O–H groups in total. The number of carboxylic acid groups (broad SMARTS) is 1. The van der Waals surface area contributed by atoms with Gasteiger partial charge in [0.25, 0.3) is 0 Å². The van der Waals surface area contributed by atoms with E-state index in [0.717, 1.165) is 0 Å². The molecule has 0 spiro atoms. The zero-order chi connectivity index (χ0) is 23.9. The molecule has 33 heavy (non-hydrogen) atoms. The summed E-state index contributed by atoms with van der Waals surface area (Å²) in [6.07, 6.45) is -9.60.